The van der Waals surface area contributed by atoms with Gasteiger partial charge >= 0.3 is 12.9 Å². The molecule has 1 saturated heterocycles. The van der Waals surface area contributed by atoms with Crippen molar-refractivity contribution in [2.75, 3.05) is 6.61 Å². The van der Waals surface area contributed by atoms with Gasteiger partial charge in [-0.15, -0.1) is 0 Å². The number of ether oxygens (including phenoxy) is 1. The standard InChI is InChI=1S/C11H16BNO4/c1-2-16-11(15)10-7-3-4-9(14)8(7)5-12(10)17-6-13/h7-10,14H,2-5H2,1H3/t7-,8-,9?,10-/m0/s1. The van der Waals surface area contributed by atoms with Crippen LogP contribution in [0.2, 0.25) is 12.1 Å². The van der Waals surface area contributed by atoms with E-state index in [1.54, 1.807) is 13.2 Å². The van der Waals surface area contributed by atoms with Crippen LogP contribution in [-0.2, 0) is 14.2 Å². The molecule has 1 heterocycles. The van der Waals surface area contributed by atoms with Gasteiger partial charge in [-0.1, -0.05) is 0 Å². The Hall–Kier alpha value is -1.22. The molecule has 1 saturated carbocycles. The van der Waals surface area contributed by atoms with Crippen LogP contribution in [0.5, 0.6) is 0 Å². The second kappa shape index (κ2) is 4.97. The predicted molar refractivity (Wildman–Crippen MR) is 59.9 cm³/mol. The summed E-state index contributed by atoms with van der Waals surface area (Å²) in [6, 6.07) is 0. The molecule has 0 aromatic carbocycles. The molecule has 4 atom stereocenters. The van der Waals surface area contributed by atoms with Gasteiger partial charge in [-0.2, -0.15) is 5.26 Å². The highest BCUT2D eigenvalue weighted by Crippen LogP contribution is 2.51. The monoisotopic (exact) mass is 237 g/mol. The molecule has 1 N–H and O–H groups in total. The number of hydrogen-bond donors (Lipinski definition) is 1. The van der Waals surface area contributed by atoms with Crippen LogP contribution in [0.25, 0.3) is 0 Å². The molecule has 5 nitrogen and oxygen atoms in total. The first-order chi connectivity index (χ1) is 8.19. The molecule has 92 valence electrons. The molecule has 1 aliphatic carbocycles. The number of aliphatic hydroxyl groups is 1. The quantitative estimate of drug-likeness (QED) is 0.446. The Morgan fingerprint density at radius 2 is 2.29 bits per heavy atom. The average Bonchev–Trinajstić information content (AvgIpc) is 2.80. The number of esters is 1. The van der Waals surface area contributed by atoms with Crippen molar-refractivity contribution in [1.29, 1.82) is 5.26 Å². The van der Waals surface area contributed by atoms with E-state index in [2.05, 4.69) is 0 Å². The van der Waals surface area contributed by atoms with Crippen molar-refractivity contribution in [3.63, 3.8) is 0 Å². The molecule has 2 fully saturated rings. The zero-order valence-electron chi connectivity index (χ0n) is 9.83. The van der Waals surface area contributed by atoms with Crippen LogP contribution in [-0.4, -0.2) is 30.7 Å². The summed E-state index contributed by atoms with van der Waals surface area (Å²) in [7, 11) is 0. The molecule has 6 heteroatoms. The normalized spacial score (nSPS) is 35.2. The Bertz CT molecular complexity index is 343. The Balaban J connectivity index is 2.13. The third-order valence-electron chi connectivity index (χ3n) is 3.97. The molecule has 1 unspecified atom stereocenters. The number of fused-ring (bicyclic) bond motifs is 1. The summed E-state index contributed by atoms with van der Waals surface area (Å²) in [5.74, 6) is -0.517. The lowest BCUT2D eigenvalue weighted by atomic mass is 9.56. The number of nitrogens with zero attached hydrogens (tertiary/aromatic N) is 1. The number of hydrogen-bond acceptors (Lipinski definition) is 5. The van der Waals surface area contributed by atoms with Crippen molar-refractivity contribution >= 4 is 12.9 Å². The predicted octanol–water partition coefficient (Wildman–Crippen LogP) is 0.810. The van der Waals surface area contributed by atoms with E-state index in [0.29, 0.717) is 12.9 Å². The molecule has 2 aliphatic rings. The lowest BCUT2D eigenvalue weighted by molar-refractivity contribution is -0.144. The van der Waals surface area contributed by atoms with Crippen molar-refractivity contribution < 1.29 is 19.3 Å². The van der Waals surface area contributed by atoms with Crippen LogP contribution in [0, 0.1) is 23.4 Å². The molecule has 0 bridgehead atoms. The largest absolute Gasteiger partial charge is 0.497 e. The minimum atomic E-state index is -0.427. The zero-order valence-corrected chi connectivity index (χ0v) is 9.83. The fraction of sp³-hybridized carbons (Fsp3) is 0.818. The molecule has 0 aromatic rings. The van der Waals surface area contributed by atoms with Crippen molar-refractivity contribution in [1.82, 2.24) is 0 Å². The molecular formula is C11H16BNO4. The summed E-state index contributed by atoms with van der Waals surface area (Å²) >= 11 is 0. The van der Waals surface area contributed by atoms with Gasteiger partial charge in [0.25, 0.3) is 6.26 Å². The Labute approximate surface area is 101 Å². The van der Waals surface area contributed by atoms with Crippen molar-refractivity contribution in [3.05, 3.63) is 0 Å². The van der Waals surface area contributed by atoms with Crippen LogP contribution in [0.3, 0.4) is 0 Å². The number of rotatable bonds is 3. The van der Waals surface area contributed by atoms with Gasteiger partial charge in [0.1, 0.15) is 0 Å². The van der Waals surface area contributed by atoms with E-state index in [4.69, 9.17) is 14.7 Å². The fourth-order valence-corrected chi connectivity index (χ4v) is 3.30. The summed E-state index contributed by atoms with van der Waals surface area (Å²) in [6.07, 6.45) is 3.39. The minimum Gasteiger partial charge on any atom is -0.497 e. The molecule has 0 amide bonds. The van der Waals surface area contributed by atoms with E-state index < -0.39 is 12.7 Å². The first-order valence-electron chi connectivity index (χ1n) is 6.08. The van der Waals surface area contributed by atoms with Gasteiger partial charge in [0, 0.05) is 0 Å². The topological polar surface area (TPSA) is 79.5 Å². The van der Waals surface area contributed by atoms with Crippen molar-refractivity contribution in [2.45, 2.75) is 38.0 Å². The highest BCUT2D eigenvalue weighted by molar-refractivity contribution is 6.59. The van der Waals surface area contributed by atoms with Gasteiger partial charge in [-0.3, -0.25) is 4.79 Å². The third kappa shape index (κ3) is 2.12. The summed E-state index contributed by atoms with van der Waals surface area (Å²) in [5.41, 5.74) is 0. The molecule has 1 aliphatic heterocycles. The van der Waals surface area contributed by atoms with E-state index in [9.17, 15) is 9.90 Å². The number of aliphatic hydroxyl groups excluding tert-OH is 1. The summed E-state index contributed by atoms with van der Waals surface area (Å²) < 4.78 is 10.00. The Morgan fingerprint density at radius 3 is 2.94 bits per heavy atom. The molecule has 0 aromatic heterocycles. The molecule has 0 radical (unpaired) electrons. The number of nitriles is 1. The zero-order chi connectivity index (χ0) is 12.4. The maximum atomic E-state index is 11.9. The maximum absolute atomic E-state index is 11.9. The van der Waals surface area contributed by atoms with Gasteiger partial charge in [0.05, 0.1) is 18.5 Å². The second-order valence-corrected chi connectivity index (χ2v) is 4.73. The number of carbonyl (C=O) groups excluding carboxylic acids is 1. The van der Waals surface area contributed by atoms with E-state index in [0.717, 1.165) is 12.8 Å². The summed E-state index contributed by atoms with van der Waals surface area (Å²) in [6.45, 7) is 1.66. The van der Waals surface area contributed by atoms with Gasteiger partial charge < -0.3 is 14.5 Å². The maximum Gasteiger partial charge on any atom is 0.388 e. The highest BCUT2D eigenvalue weighted by atomic mass is 16.5. The van der Waals surface area contributed by atoms with E-state index in [1.165, 1.54) is 0 Å². The van der Waals surface area contributed by atoms with Crippen LogP contribution in [0.15, 0.2) is 0 Å². The van der Waals surface area contributed by atoms with Gasteiger partial charge in [0.2, 0.25) is 0 Å². The van der Waals surface area contributed by atoms with Gasteiger partial charge in [-0.05, 0) is 37.9 Å². The Morgan fingerprint density at radius 1 is 1.53 bits per heavy atom. The molecule has 2 rings (SSSR count). The first-order valence-corrected chi connectivity index (χ1v) is 6.08. The first kappa shape index (κ1) is 12.2. The van der Waals surface area contributed by atoms with Crippen LogP contribution in [0.4, 0.5) is 0 Å². The third-order valence-corrected chi connectivity index (χ3v) is 3.97. The molecule has 17 heavy (non-hydrogen) atoms. The van der Waals surface area contributed by atoms with Crippen LogP contribution >= 0.6 is 0 Å². The van der Waals surface area contributed by atoms with Gasteiger partial charge in [-0.25, -0.2) is 0 Å². The smallest absolute Gasteiger partial charge is 0.388 e. The number of carbonyl (C=O) groups is 1. The van der Waals surface area contributed by atoms with Crippen LogP contribution in [0.1, 0.15) is 19.8 Å². The average molecular weight is 237 g/mol. The molecule has 0 spiro atoms. The Kier molecular flexibility index (Phi) is 3.58. The van der Waals surface area contributed by atoms with E-state index >= 15 is 0 Å². The SMILES string of the molecule is CCOC(=O)[C@H]1B(OC#N)C[C@@H]2C(O)CC[C@H]12. The van der Waals surface area contributed by atoms with Gasteiger partial charge in [0.15, 0.2) is 0 Å². The lowest BCUT2D eigenvalue weighted by Gasteiger charge is -2.18. The summed E-state index contributed by atoms with van der Waals surface area (Å²) in [5, 5.41) is 18.4. The minimum absolute atomic E-state index is 0.0720. The van der Waals surface area contributed by atoms with E-state index in [1.807, 2.05) is 0 Å². The second-order valence-electron chi connectivity index (χ2n) is 4.73. The fourth-order valence-electron chi connectivity index (χ4n) is 3.30. The summed E-state index contributed by atoms with van der Waals surface area (Å²) in [4.78, 5) is 11.9. The van der Waals surface area contributed by atoms with Crippen molar-refractivity contribution in [2.24, 2.45) is 11.8 Å². The highest BCUT2D eigenvalue weighted by Gasteiger charge is 2.57. The van der Waals surface area contributed by atoms with E-state index in [-0.39, 0.29) is 23.9 Å². The van der Waals surface area contributed by atoms with Crippen molar-refractivity contribution in [3.8, 4) is 6.26 Å². The van der Waals surface area contributed by atoms with Crippen LogP contribution < -0.4 is 0 Å². The molecular weight excluding hydrogens is 221 g/mol. The lowest BCUT2D eigenvalue weighted by Crippen LogP contribution is -2.29.